The Labute approximate surface area is 217 Å². The van der Waals surface area contributed by atoms with Crippen LogP contribution in [0.25, 0.3) is 0 Å². The van der Waals surface area contributed by atoms with Crippen LogP contribution in [0.1, 0.15) is 138 Å². The lowest BCUT2D eigenvalue weighted by Crippen LogP contribution is -2.51. The van der Waals surface area contributed by atoms with Crippen LogP contribution >= 0.6 is 0 Å². The van der Waals surface area contributed by atoms with E-state index in [1.165, 1.54) is 57.8 Å². The van der Waals surface area contributed by atoms with Crippen LogP contribution in [-0.2, 0) is 9.53 Å². The molecule has 2 heteroatoms. The van der Waals surface area contributed by atoms with E-state index in [2.05, 4.69) is 47.6 Å². The number of esters is 1. The zero-order valence-corrected chi connectivity index (χ0v) is 24.0. The first-order valence-electron chi connectivity index (χ1n) is 15.6. The van der Waals surface area contributed by atoms with Crippen molar-refractivity contribution in [2.75, 3.05) is 0 Å². The molecule has 4 rings (SSSR count). The molecular weight excluding hydrogens is 428 g/mol. The highest BCUT2D eigenvalue weighted by atomic mass is 16.5. The van der Waals surface area contributed by atoms with Gasteiger partial charge in [0.25, 0.3) is 0 Å². The summed E-state index contributed by atoms with van der Waals surface area (Å²) in [5.74, 6) is 5.33. The van der Waals surface area contributed by atoms with Gasteiger partial charge in [-0.25, -0.2) is 0 Å². The quantitative estimate of drug-likeness (QED) is 0.175. The van der Waals surface area contributed by atoms with Crippen LogP contribution in [0, 0.1) is 46.3 Å². The van der Waals surface area contributed by atoms with E-state index in [-0.39, 0.29) is 12.1 Å². The third-order valence-electron chi connectivity index (χ3n) is 11.5. The molecule has 2 nitrogen and oxygen atoms in total. The van der Waals surface area contributed by atoms with Gasteiger partial charge in [0.2, 0.25) is 0 Å². The number of rotatable bonds is 10. The van der Waals surface area contributed by atoms with Crippen LogP contribution in [0.3, 0.4) is 0 Å². The Morgan fingerprint density at radius 2 is 1.80 bits per heavy atom. The van der Waals surface area contributed by atoms with E-state index in [1.807, 2.05) is 0 Å². The normalized spacial score (nSPS) is 39.4. The van der Waals surface area contributed by atoms with Crippen molar-refractivity contribution < 1.29 is 9.53 Å². The van der Waals surface area contributed by atoms with Crippen LogP contribution in [0.4, 0.5) is 0 Å². The van der Waals surface area contributed by atoms with Crippen LogP contribution in [-0.4, -0.2) is 12.1 Å². The lowest BCUT2D eigenvalue weighted by atomic mass is 9.47. The second-order valence-corrected chi connectivity index (χ2v) is 14.1. The van der Waals surface area contributed by atoms with Crippen LogP contribution in [0.15, 0.2) is 11.6 Å². The van der Waals surface area contributed by atoms with Crippen molar-refractivity contribution in [2.24, 2.45) is 46.3 Å². The summed E-state index contributed by atoms with van der Waals surface area (Å²) in [6.45, 7) is 14.8. The van der Waals surface area contributed by atoms with Gasteiger partial charge in [-0.2, -0.15) is 0 Å². The van der Waals surface area contributed by atoms with Gasteiger partial charge >= 0.3 is 5.97 Å². The van der Waals surface area contributed by atoms with Gasteiger partial charge < -0.3 is 4.74 Å². The average Bonchev–Trinajstić information content (AvgIpc) is 3.16. The summed E-state index contributed by atoms with van der Waals surface area (Å²) in [6.07, 6.45) is 21.2. The molecule has 0 unspecified atom stereocenters. The van der Waals surface area contributed by atoms with Gasteiger partial charge in [0.05, 0.1) is 0 Å². The van der Waals surface area contributed by atoms with Gasteiger partial charge in [-0.15, -0.1) is 0 Å². The number of hydrogen-bond acceptors (Lipinski definition) is 2. The Balaban J connectivity index is 1.39. The van der Waals surface area contributed by atoms with E-state index in [1.54, 1.807) is 5.57 Å². The molecule has 3 saturated carbocycles. The van der Waals surface area contributed by atoms with E-state index in [4.69, 9.17) is 4.74 Å². The summed E-state index contributed by atoms with van der Waals surface area (Å²) >= 11 is 0. The molecule has 0 aromatic heterocycles. The molecule has 3 fully saturated rings. The second kappa shape index (κ2) is 11.3. The summed E-state index contributed by atoms with van der Waals surface area (Å²) in [6, 6.07) is 0. The molecule has 0 saturated heterocycles. The minimum Gasteiger partial charge on any atom is -0.462 e. The maximum absolute atomic E-state index is 12.4. The third-order valence-corrected chi connectivity index (χ3v) is 11.5. The molecule has 200 valence electrons. The van der Waals surface area contributed by atoms with Crippen LogP contribution in [0.5, 0.6) is 0 Å². The molecule has 0 N–H and O–H groups in total. The lowest BCUT2D eigenvalue weighted by Gasteiger charge is -2.58. The summed E-state index contributed by atoms with van der Waals surface area (Å²) in [5.41, 5.74) is 2.54. The molecule has 0 radical (unpaired) electrons. The summed E-state index contributed by atoms with van der Waals surface area (Å²) in [7, 11) is 0. The van der Waals surface area contributed by atoms with Gasteiger partial charge in [0.15, 0.2) is 0 Å². The molecule has 4 aliphatic carbocycles. The fourth-order valence-corrected chi connectivity index (χ4v) is 9.52. The van der Waals surface area contributed by atoms with Gasteiger partial charge in [-0.3, -0.25) is 4.79 Å². The van der Waals surface area contributed by atoms with Crippen molar-refractivity contribution in [1.82, 2.24) is 0 Å². The van der Waals surface area contributed by atoms with Crippen molar-refractivity contribution in [3.63, 3.8) is 0 Å². The second-order valence-electron chi connectivity index (χ2n) is 14.1. The first-order chi connectivity index (χ1) is 16.7. The van der Waals surface area contributed by atoms with Crippen molar-refractivity contribution in [3.05, 3.63) is 11.6 Å². The Morgan fingerprint density at radius 1 is 1.00 bits per heavy atom. The fraction of sp³-hybridized carbons (Fsp3) is 0.909. The molecule has 8 atom stereocenters. The highest BCUT2D eigenvalue weighted by Gasteiger charge is 2.59. The first kappa shape index (κ1) is 27.3. The number of carbonyl (C=O) groups is 1. The largest absolute Gasteiger partial charge is 0.462 e. The van der Waals surface area contributed by atoms with Crippen LogP contribution < -0.4 is 0 Å². The van der Waals surface area contributed by atoms with Crippen molar-refractivity contribution in [1.29, 1.82) is 0 Å². The summed E-state index contributed by atoms with van der Waals surface area (Å²) in [5, 5.41) is 0. The molecule has 0 bridgehead atoms. The molecule has 0 aromatic rings. The Bertz CT molecular complexity index is 752. The molecule has 0 aromatic carbocycles. The Hall–Kier alpha value is -0.790. The molecule has 0 spiro atoms. The zero-order chi connectivity index (χ0) is 25.2. The molecular formula is C33H56O2. The van der Waals surface area contributed by atoms with Gasteiger partial charge in [0.1, 0.15) is 6.10 Å². The standard InChI is InChI=1S/C33H56O2/c1-7-8-9-13-31(34)35-26-18-20-32(5)25(22-26)14-15-27-29-17-16-28(24(4)12-10-11-23(2)3)33(29,6)21-19-30(27)32/h14,23-24,26-30H,7-13,15-22H2,1-6H3/t24-,26+,27+,28-,29+,30-,32+,33-/m1/s1. The highest BCUT2D eigenvalue weighted by Crippen LogP contribution is 2.67. The van der Waals surface area contributed by atoms with Crippen LogP contribution in [0.2, 0.25) is 0 Å². The van der Waals surface area contributed by atoms with Gasteiger partial charge in [-0.05, 0) is 97.7 Å². The molecule has 35 heavy (non-hydrogen) atoms. The first-order valence-corrected chi connectivity index (χ1v) is 15.6. The number of allylic oxidation sites excluding steroid dienone is 1. The molecule has 0 amide bonds. The Kier molecular flexibility index (Phi) is 8.80. The number of unbranched alkanes of at least 4 members (excludes halogenated alkanes) is 2. The van der Waals surface area contributed by atoms with Crippen molar-refractivity contribution >= 4 is 5.97 Å². The van der Waals surface area contributed by atoms with E-state index in [0.717, 1.165) is 67.6 Å². The topological polar surface area (TPSA) is 26.3 Å². The van der Waals surface area contributed by atoms with E-state index >= 15 is 0 Å². The maximum atomic E-state index is 12.4. The predicted molar refractivity (Wildman–Crippen MR) is 147 cm³/mol. The monoisotopic (exact) mass is 484 g/mol. The SMILES string of the molecule is CCCCCC(=O)O[C@H]1CC[C@@]2(C)C(=CC[C@@H]3[C@H]2CC[C@]2(C)[C@@H]([C@H](C)CCCC(C)C)CC[C@@H]32)C1. The molecule has 0 aliphatic heterocycles. The average molecular weight is 485 g/mol. The predicted octanol–water partition coefficient (Wildman–Crippen LogP) is 9.52. The maximum Gasteiger partial charge on any atom is 0.306 e. The third kappa shape index (κ3) is 5.57. The summed E-state index contributed by atoms with van der Waals surface area (Å²) in [4.78, 5) is 12.4. The van der Waals surface area contributed by atoms with E-state index < -0.39 is 0 Å². The molecule has 4 aliphatic rings. The zero-order valence-electron chi connectivity index (χ0n) is 24.0. The van der Waals surface area contributed by atoms with Gasteiger partial charge in [0, 0.05) is 12.8 Å². The van der Waals surface area contributed by atoms with Gasteiger partial charge in [-0.1, -0.05) is 85.3 Å². The van der Waals surface area contributed by atoms with Crippen molar-refractivity contribution in [3.8, 4) is 0 Å². The number of hydrogen-bond donors (Lipinski definition) is 0. The highest BCUT2D eigenvalue weighted by molar-refractivity contribution is 5.69. The Morgan fingerprint density at radius 3 is 2.54 bits per heavy atom. The van der Waals surface area contributed by atoms with Crippen molar-refractivity contribution in [2.45, 2.75) is 144 Å². The minimum atomic E-state index is 0.0364. The number of carbonyl (C=O) groups excluding carboxylic acids is 1. The summed E-state index contributed by atoms with van der Waals surface area (Å²) < 4.78 is 5.96. The smallest absolute Gasteiger partial charge is 0.306 e. The molecule has 0 heterocycles. The number of fused-ring (bicyclic) bond motifs is 5. The van der Waals surface area contributed by atoms with E-state index in [0.29, 0.717) is 17.3 Å². The fourth-order valence-electron chi connectivity index (χ4n) is 9.52. The number of ether oxygens (including phenoxy) is 1. The van der Waals surface area contributed by atoms with E-state index in [9.17, 15) is 4.79 Å². The lowest BCUT2D eigenvalue weighted by molar-refractivity contribution is -0.151. The minimum absolute atomic E-state index is 0.0364.